The van der Waals surface area contributed by atoms with Crippen molar-refractivity contribution in [1.29, 1.82) is 0 Å². The largest absolute Gasteiger partial charge is 0.283 e. The number of nitro benzene ring substituents is 1. The van der Waals surface area contributed by atoms with Crippen LogP contribution in [0.4, 0.5) is 5.69 Å². The molecule has 1 heterocycles. The molecule has 0 bridgehead atoms. The number of aliphatic imine (C=N–C) groups is 1. The van der Waals surface area contributed by atoms with Crippen LogP contribution in [-0.2, 0) is 6.42 Å². The summed E-state index contributed by atoms with van der Waals surface area (Å²) in [7, 11) is 0. The van der Waals surface area contributed by atoms with Gasteiger partial charge in [-0.1, -0.05) is 24.3 Å². The van der Waals surface area contributed by atoms with Gasteiger partial charge in [-0.2, -0.15) is 0 Å². The van der Waals surface area contributed by atoms with E-state index < -0.39 is 0 Å². The minimum Gasteiger partial charge on any atom is -0.283 e. The first-order valence-corrected chi connectivity index (χ1v) is 7.39. The Morgan fingerprint density at radius 2 is 1.68 bits per heavy atom. The number of nitrogens with zero attached hydrogens (tertiary/aromatic N) is 2. The molecule has 0 spiro atoms. The third-order valence-corrected chi connectivity index (χ3v) is 4.31. The normalized spacial score (nSPS) is 13.5. The lowest BCUT2D eigenvalue weighted by molar-refractivity contribution is -0.385. The Hall–Kier alpha value is -2.49. The molecule has 112 valence electrons. The highest BCUT2D eigenvalue weighted by Gasteiger charge is 2.26. The highest BCUT2D eigenvalue weighted by atomic mass is 16.6. The molecule has 1 aliphatic rings. The Bertz CT molecular complexity index is 807. The van der Waals surface area contributed by atoms with Gasteiger partial charge in [-0.25, -0.2) is 0 Å². The fourth-order valence-electron chi connectivity index (χ4n) is 3.20. The highest BCUT2D eigenvalue weighted by molar-refractivity contribution is 6.18. The Kier molecular flexibility index (Phi) is 3.53. The van der Waals surface area contributed by atoms with Gasteiger partial charge in [-0.05, 0) is 49.4 Å². The molecule has 22 heavy (non-hydrogen) atoms. The van der Waals surface area contributed by atoms with Crippen LogP contribution in [-0.4, -0.2) is 17.2 Å². The van der Waals surface area contributed by atoms with E-state index in [4.69, 9.17) is 0 Å². The van der Waals surface area contributed by atoms with E-state index in [-0.39, 0.29) is 10.6 Å². The standard InChI is InChI=1S/C18H18N2O2/c1-11-7-8-13(3)16-14(11)9-10-19-18(16)17-12(2)5-4-6-15(17)20(21)22/h4-8H,9-10H2,1-3H3. The van der Waals surface area contributed by atoms with Crippen LogP contribution in [0.25, 0.3) is 0 Å². The Balaban J connectivity index is 2.31. The molecule has 1 aliphatic heterocycles. The molecule has 0 amide bonds. The number of hydrogen-bond donors (Lipinski definition) is 0. The van der Waals surface area contributed by atoms with Crippen LogP contribution in [0.3, 0.4) is 0 Å². The molecule has 0 atom stereocenters. The lowest BCUT2D eigenvalue weighted by Gasteiger charge is -2.22. The molecule has 2 aromatic rings. The van der Waals surface area contributed by atoms with Crippen LogP contribution in [0.15, 0.2) is 35.3 Å². The van der Waals surface area contributed by atoms with E-state index in [1.807, 2.05) is 19.9 Å². The quantitative estimate of drug-likeness (QED) is 0.622. The second-order valence-corrected chi connectivity index (χ2v) is 5.76. The third kappa shape index (κ3) is 2.21. The van der Waals surface area contributed by atoms with Crippen LogP contribution in [0.5, 0.6) is 0 Å². The summed E-state index contributed by atoms with van der Waals surface area (Å²) in [5.41, 5.74) is 7.13. The van der Waals surface area contributed by atoms with Crippen molar-refractivity contribution in [3.8, 4) is 0 Å². The van der Waals surface area contributed by atoms with Crippen molar-refractivity contribution in [2.75, 3.05) is 6.54 Å². The molecule has 4 heteroatoms. The van der Waals surface area contributed by atoms with Crippen LogP contribution in [0.2, 0.25) is 0 Å². The second kappa shape index (κ2) is 5.37. The fourth-order valence-corrected chi connectivity index (χ4v) is 3.20. The molecular weight excluding hydrogens is 276 g/mol. The second-order valence-electron chi connectivity index (χ2n) is 5.76. The molecule has 0 aliphatic carbocycles. The fraction of sp³-hybridized carbons (Fsp3) is 0.278. The predicted molar refractivity (Wildman–Crippen MR) is 88.0 cm³/mol. The van der Waals surface area contributed by atoms with E-state index in [0.717, 1.165) is 28.8 Å². The number of hydrogen-bond acceptors (Lipinski definition) is 3. The predicted octanol–water partition coefficient (Wildman–Crippen LogP) is 3.91. The zero-order chi connectivity index (χ0) is 15.9. The molecule has 4 nitrogen and oxygen atoms in total. The van der Waals surface area contributed by atoms with Gasteiger partial charge in [-0.15, -0.1) is 0 Å². The summed E-state index contributed by atoms with van der Waals surface area (Å²) in [5.74, 6) is 0. The maximum Gasteiger partial charge on any atom is 0.279 e. The topological polar surface area (TPSA) is 55.5 Å². The number of nitro groups is 1. The highest BCUT2D eigenvalue weighted by Crippen LogP contribution is 2.31. The minimum atomic E-state index is -0.315. The van der Waals surface area contributed by atoms with Gasteiger partial charge >= 0.3 is 0 Å². The molecular formula is C18H18N2O2. The van der Waals surface area contributed by atoms with E-state index >= 15 is 0 Å². The van der Waals surface area contributed by atoms with E-state index in [1.54, 1.807) is 12.1 Å². The molecule has 0 N–H and O–H groups in total. The van der Waals surface area contributed by atoms with Crippen molar-refractivity contribution in [2.24, 2.45) is 4.99 Å². The first kappa shape index (κ1) is 14.4. The average Bonchev–Trinajstić information content (AvgIpc) is 2.50. The van der Waals surface area contributed by atoms with Crippen molar-refractivity contribution >= 4 is 11.4 Å². The summed E-state index contributed by atoms with van der Waals surface area (Å²) in [5, 5.41) is 11.4. The van der Waals surface area contributed by atoms with Gasteiger partial charge in [0.2, 0.25) is 0 Å². The summed E-state index contributed by atoms with van der Waals surface area (Å²) in [6, 6.07) is 9.38. The summed E-state index contributed by atoms with van der Waals surface area (Å²) in [4.78, 5) is 15.8. The van der Waals surface area contributed by atoms with Crippen LogP contribution < -0.4 is 0 Å². The first-order chi connectivity index (χ1) is 10.5. The molecule has 0 radical (unpaired) electrons. The van der Waals surface area contributed by atoms with Gasteiger partial charge in [0.05, 0.1) is 16.2 Å². The van der Waals surface area contributed by atoms with Crippen molar-refractivity contribution in [3.63, 3.8) is 0 Å². The third-order valence-electron chi connectivity index (χ3n) is 4.31. The lowest BCUT2D eigenvalue weighted by atomic mass is 9.85. The first-order valence-electron chi connectivity index (χ1n) is 7.39. The van der Waals surface area contributed by atoms with Gasteiger partial charge in [0.1, 0.15) is 0 Å². The number of rotatable bonds is 2. The Morgan fingerprint density at radius 1 is 1.00 bits per heavy atom. The zero-order valence-corrected chi connectivity index (χ0v) is 13.0. The molecule has 0 aromatic heterocycles. The number of benzene rings is 2. The van der Waals surface area contributed by atoms with Crippen LogP contribution in [0, 0.1) is 30.9 Å². The van der Waals surface area contributed by atoms with Crippen LogP contribution >= 0.6 is 0 Å². The summed E-state index contributed by atoms with van der Waals surface area (Å²) >= 11 is 0. The van der Waals surface area contributed by atoms with E-state index in [2.05, 4.69) is 24.0 Å². The van der Waals surface area contributed by atoms with E-state index in [9.17, 15) is 10.1 Å². The van der Waals surface area contributed by atoms with Gasteiger partial charge < -0.3 is 0 Å². The smallest absolute Gasteiger partial charge is 0.279 e. The molecule has 3 rings (SSSR count). The van der Waals surface area contributed by atoms with Crippen LogP contribution in [0.1, 0.15) is 33.4 Å². The molecule has 2 aromatic carbocycles. The van der Waals surface area contributed by atoms with Crippen molar-refractivity contribution in [1.82, 2.24) is 0 Å². The van der Waals surface area contributed by atoms with Gasteiger partial charge in [0, 0.05) is 18.2 Å². The SMILES string of the molecule is Cc1ccc(C)c2c1CCN=C2c1c(C)cccc1[N+](=O)[O-]. The molecule has 0 saturated carbocycles. The van der Waals surface area contributed by atoms with Crippen molar-refractivity contribution in [3.05, 3.63) is 73.8 Å². The van der Waals surface area contributed by atoms with Crippen molar-refractivity contribution in [2.45, 2.75) is 27.2 Å². The molecule has 0 fully saturated rings. The number of fused-ring (bicyclic) bond motifs is 1. The zero-order valence-electron chi connectivity index (χ0n) is 13.0. The number of aryl methyl sites for hydroxylation is 3. The summed E-state index contributed by atoms with van der Waals surface area (Å²) in [6.07, 6.45) is 0.895. The molecule has 0 saturated heterocycles. The minimum absolute atomic E-state index is 0.132. The Morgan fingerprint density at radius 3 is 2.41 bits per heavy atom. The monoisotopic (exact) mass is 294 g/mol. The van der Waals surface area contributed by atoms with Crippen molar-refractivity contribution < 1.29 is 4.92 Å². The van der Waals surface area contributed by atoms with E-state index in [1.165, 1.54) is 11.1 Å². The lowest BCUT2D eigenvalue weighted by Crippen LogP contribution is -2.19. The van der Waals surface area contributed by atoms with Gasteiger partial charge in [0.15, 0.2) is 0 Å². The van der Waals surface area contributed by atoms with Gasteiger partial charge in [0.25, 0.3) is 5.69 Å². The van der Waals surface area contributed by atoms with E-state index in [0.29, 0.717) is 12.1 Å². The summed E-state index contributed by atoms with van der Waals surface area (Å²) < 4.78 is 0. The molecule has 0 unspecified atom stereocenters. The maximum atomic E-state index is 11.4. The average molecular weight is 294 g/mol. The van der Waals surface area contributed by atoms with Gasteiger partial charge in [-0.3, -0.25) is 15.1 Å². The summed E-state index contributed by atoms with van der Waals surface area (Å²) in [6.45, 7) is 6.72. The Labute approximate surface area is 129 Å². The maximum absolute atomic E-state index is 11.4.